The Bertz CT molecular complexity index is 377. The summed E-state index contributed by atoms with van der Waals surface area (Å²) >= 11 is 1.89. The molecular weight excluding hydrogens is 277 g/mol. The Morgan fingerprint density at radius 2 is 2.10 bits per heavy atom. The summed E-state index contributed by atoms with van der Waals surface area (Å²) in [6, 6.07) is 4.85. The summed E-state index contributed by atoms with van der Waals surface area (Å²) in [5, 5.41) is 3.19. The van der Waals surface area contributed by atoms with Crippen molar-refractivity contribution >= 4 is 11.8 Å². The molecule has 1 N–H and O–H groups in total. The molecule has 3 nitrogen and oxygen atoms in total. The van der Waals surface area contributed by atoms with Crippen molar-refractivity contribution in [1.29, 1.82) is 0 Å². The van der Waals surface area contributed by atoms with Gasteiger partial charge in [0.2, 0.25) is 0 Å². The van der Waals surface area contributed by atoms with Crippen LogP contribution in [0.3, 0.4) is 0 Å². The molecule has 1 aromatic rings. The van der Waals surface area contributed by atoms with Crippen LogP contribution in [0.4, 0.5) is 4.39 Å². The van der Waals surface area contributed by atoms with Crippen molar-refractivity contribution in [2.24, 2.45) is 0 Å². The van der Waals surface area contributed by atoms with E-state index in [0.717, 1.165) is 30.0 Å². The molecule has 0 heterocycles. The lowest BCUT2D eigenvalue weighted by Gasteiger charge is -2.09. The van der Waals surface area contributed by atoms with Gasteiger partial charge in [0, 0.05) is 26.3 Å². The van der Waals surface area contributed by atoms with Crippen LogP contribution in [-0.2, 0) is 11.3 Å². The van der Waals surface area contributed by atoms with E-state index in [0.29, 0.717) is 25.5 Å². The molecule has 0 saturated carbocycles. The summed E-state index contributed by atoms with van der Waals surface area (Å²) in [6.45, 7) is 4.78. The fourth-order valence-corrected chi connectivity index (χ4v) is 2.32. The average molecular weight is 301 g/mol. The molecule has 0 bridgehead atoms. The topological polar surface area (TPSA) is 30.5 Å². The van der Waals surface area contributed by atoms with Gasteiger partial charge in [-0.1, -0.05) is 6.92 Å². The number of halogens is 1. The first-order chi connectivity index (χ1) is 9.76. The molecule has 114 valence electrons. The van der Waals surface area contributed by atoms with Crippen molar-refractivity contribution in [3.63, 3.8) is 0 Å². The maximum Gasteiger partial charge on any atom is 0.127 e. The number of nitrogens with one attached hydrogen (secondary N) is 1. The molecule has 0 atom stereocenters. The lowest BCUT2D eigenvalue weighted by molar-refractivity contribution is 0.199. The number of thioether (sulfide) groups is 1. The Morgan fingerprint density at radius 1 is 1.25 bits per heavy atom. The minimum absolute atomic E-state index is 0.256. The van der Waals surface area contributed by atoms with Crippen molar-refractivity contribution < 1.29 is 13.9 Å². The van der Waals surface area contributed by atoms with Crippen molar-refractivity contribution in [2.45, 2.75) is 19.9 Å². The Morgan fingerprint density at radius 3 is 2.85 bits per heavy atom. The third-order valence-electron chi connectivity index (χ3n) is 2.65. The molecule has 0 saturated heterocycles. The van der Waals surface area contributed by atoms with Crippen LogP contribution in [0.2, 0.25) is 0 Å². The van der Waals surface area contributed by atoms with E-state index in [1.165, 1.54) is 12.1 Å². The van der Waals surface area contributed by atoms with Crippen molar-refractivity contribution in [3.05, 3.63) is 29.6 Å². The molecule has 1 aromatic carbocycles. The van der Waals surface area contributed by atoms with Gasteiger partial charge < -0.3 is 14.8 Å². The third kappa shape index (κ3) is 7.72. The van der Waals surface area contributed by atoms with E-state index >= 15 is 0 Å². The van der Waals surface area contributed by atoms with Gasteiger partial charge >= 0.3 is 0 Å². The van der Waals surface area contributed by atoms with Crippen LogP contribution in [0.5, 0.6) is 5.75 Å². The molecule has 0 amide bonds. The van der Waals surface area contributed by atoms with Gasteiger partial charge in [-0.3, -0.25) is 0 Å². The first kappa shape index (κ1) is 17.3. The van der Waals surface area contributed by atoms with Crippen molar-refractivity contribution in [1.82, 2.24) is 5.32 Å². The Kier molecular flexibility index (Phi) is 9.45. The highest BCUT2D eigenvalue weighted by atomic mass is 32.2. The summed E-state index contributed by atoms with van der Waals surface area (Å²) in [5.41, 5.74) is 0.888. The normalized spacial score (nSPS) is 10.8. The predicted octanol–water partition coefficient (Wildman–Crippen LogP) is 3.08. The Hall–Kier alpha value is -0.780. The van der Waals surface area contributed by atoms with E-state index < -0.39 is 0 Å². The lowest BCUT2D eigenvalue weighted by atomic mass is 10.2. The molecule has 0 aliphatic heterocycles. The fourth-order valence-electron chi connectivity index (χ4n) is 1.71. The molecule has 0 spiro atoms. The van der Waals surface area contributed by atoms with E-state index in [9.17, 15) is 4.39 Å². The smallest absolute Gasteiger partial charge is 0.127 e. The van der Waals surface area contributed by atoms with Gasteiger partial charge in [-0.2, -0.15) is 11.8 Å². The van der Waals surface area contributed by atoms with Crippen LogP contribution in [0, 0.1) is 5.82 Å². The van der Waals surface area contributed by atoms with E-state index in [-0.39, 0.29) is 5.82 Å². The zero-order valence-corrected chi connectivity index (χ0v) is 13.1. The van der Waals surface area contributed by atoms with Gasteiger partial charge in [-0.05, 0) is 35.6 Å². The number of hydrogen-bond acceptors (Lipinski definition) is 4. The maximum atomic E-state index is 13.5. The zero-order chi connectivity index (χ0) is 14.6. The molecule has 20 heavy (non-hydrogen) atoms. The highest BCUT2D eigenvalue weighted by Gasteiger charge is 2.02. The van der Waals surface area contributed by atoms with Crippen LogP contribution in [0.1, 0.15) is 18.9 Å². The van der Waals surface area contributed by atoms with Gasteiger partial charge in [0.15, 0.2) is 0 Å². The third-order valence-corrected chi connectivity index (χ3v) is 3.63. The average Bonchev–Trinajstić information content (AvgIpc) is 2.43. The minimum atomic E-state index is -0.256. The highest BCUT2D eigenvalue weighted by molar-refractivity contribution is 7.99. The van der Waals surface area contributed by atoms with Crippen LogP contribution in [0.25, 0.3) is 0 Å². The second kappa shape index (κ2) is 10.9. The van der Waals surface area contributed by atoms with E-state index in [4.69, 9.17) is 9.47 Å². The van der Waals surface area contributed by atoms with Crippen LogP contribution < -0.4 is 10.1 Å². The van der Waals surface area contributed by atoms with E-state index in [1.807, 2.05) is 17.8 Å². The number of hydrogen-bond donors (Lipinski definition) is 1. The lowest BCUT2D eigenvalue weighted by Crippen LogP contribution is -2.18. The van der Waals surface area contributed by atoms with Crippen LogP contribution in [-0.4, -0.2) is 38.4 Å². The second-order valence-corrected chi connectivity index (χ2v) is 5.76. The van der Waals surface area contributed by atoms with Gasteiger partial charge in [-0.25, -0.2) is 4.39 Å². The molecule has 0 radical (unpaired) electrons. The van der Waals surface area contributed by atoms with Crippen LogP contribution >= 0.6 is 11.8 Å². The number of ether oxygens (including phenoxy) is 2. The Balaban J connectivity index is 2.36. The van der Waals surface area contributed by atoms with E-state index in [2.05, 4.69) is 12.2 Å². The zero-order valence-electron chi connectivity index (χ0n) is 12.3. The largest absolute Gasteiger partial charge is 0.493 e. The number of methoxy groups -OCH3 is 1. The van der Waals surface area contributed by atoms with Crippen molar-refractivity contribution in [3.8, 4) is 5.75 Å². The highest BCUT2D eigenvalue weighted by Crippen LogP contribution is 2.17. The second-order valence-electron chi connectivity index (χ2n) is 4.36. The summed E-state index contributed by atoms with van der Waals surface area (Å²) in [4.78, 5) is 0. The number of rotatable bonds is 11. The van der Waals surface area contributed by atoms with Gasteiger partial charge in [0.25, 0.3) is 0 Å². The molecule has 5 heteroatoms. The van der Waals surface area contributed by atoms with Gasteiger partial charge in [0.05, 0.1) is 13.2 Å². The molecule has 0 unspecified atom stereocenters. The standard InChI is InChI=1S/C15H24FNO2S/c1-3-20-8-4-6-19-15-10-13(9-14(16)11-15)12-17-5-7-18-2/h9-11,17H,3-8,12H2,1-2H3. The fraction of sp³-hybridized carbons (Fsp3) is 0.600. The summed E-state index contributed by atoms with van der Waals surface area (Å²) in [5.74, 6) is 2.55. The summed E-state index contributed by atoms with van der Waals surface area (Å²) in [6.07, 6.45) is 0.983. The van der Waals surface area contributed by atoms with Crippen molar-refractivity contribution in [2.75, 3.05) is 38.4 Å². The van der Waals surface area contributed by atoms with Gasteiger partial charge in [-0.15, -0.1) is 0 Å². The van der Waals surface area contributed by atoms with Gasteiger partial charge in [0.1, 0.15) is 11.6 Å². The molecule has 0 aromatic heterocycles. The molecule has 0 aliphatic rings. The van der Waals surface area contributed by atoms with E-state index in [1.54, 1.807) is 7.11 Å². The number of benzene rings is 1. The summed E-state index contributed by atoms with van der Waals surface area (Å²) in [7, 11) is 1.66. The molecular formula is C15H24FNO2S. The molecule has 1 rings (SSSR count). The first-order valence-corrected chi connectivity index (χ1v) is 8.11. The maximum absolute atomic E-state index is 13.5. The monoisotopic (exact) mass is 301 g/mol. The Labute approximate surface area is 125 Å². The predicted molar refractivity (Wildman–Crippen MR) is 83.1 cm³/mol. The first-order valence-electron chi connectivity index (χ1n) is 6.96. The molecule has 0 aliphatic carbocycles. The SMILES string of the molecule is CCSCCCOc1cc(F)cc(CNCCOC)c1. The minimum Gasteiger partial charge on any atom is -0.493 e. The molecule has 0 fully saturated rings. The van der Waals surface area contributed by atoms with Crippen LogP contribution in [0.15, 0.2) is 18.2 Å². The summed E-state index contributed by atoms with van der Waals surface area (Å²) < 4.78 is 24.0. The quantitative estimate of drug-likeness (QED) is 0.636.